The fourth-order valence-corrected chi connectivity index (χ4v) is 5.52. The van der Waals surface area contributed by atoms with Gasteiger partial charge in [0.2, 0.25) is 0 Å². The molecule has 3 rings (SSSR count). The molecule has 2 atom stereocenters. The number of hydrogen-bond acceptors (Lipinski definition) is 2. The maximum atomic E-state index is 12.0. The van der Waals surface area contributed by atoms with Crippen LogP contribution < -0.4 is 0 Å². The molecule has 16 heavy (non-hydrogen) atoms. The Kier molecular flexibility index (Phi) is 2.24. The predicted molar refractivity (Wildman–Crippen MR) is 66.7 cm³/mol. The number of halogens is 1. The first-order valence-electron chi connectivity index (χ1n) is 5.48. The highest BCUT2D eigenvalue weighted by Gasteiger charge is 2.57. The lowest BCUT2D eigenvalue weighted by Crippen LogP contribution is -2.26. The van der Waals surface area contributed by atoms with Gasteiger partial charge in [0.25, 0.3) is 0 Å². The molecule has 0 radical (unpaired) electrons. The summed E-state index contributed by atoms with van der Waals surface area (Å²) in [6, 6.07) is 7.52. The van der Waals surface area contributed by atoms with Crippen molar-refractivity contribution in [3.63, 3.8) is 0 Å². The minimum Gasteiger partial charge on any atom is -0.224 e. The monoisotopic (exact) mass is 300 g/mol. The highest BCUT2D eigenvalue weighted by Crippen LogP contribution is 2.60. The van der Waals surface area contributed by atoms with E-state index in [9.17, 15) is 8.42 Å². The second-order valence-electron chi connectivity index (χ2n) is 4.78. The molecule has 2 unspecified atom stereocenters. The third-order valence-corrected chi connectivity index (χ3v) is 6.54. The fourth-order valence-electron chi connectivity index (χ4n) is 2.93. The van der Waals surface area contributed by atoms with Crippen molar-refractivity contribution < 1.29 is 8.42 Å². The number of alkyl halides is 1. The van der Waals surface area contributed by atoms with Crippen LogP contribution in [0.3, 0.4) is 0 Å². The molecule has 0 aromatic heterocycles. The molecule has 1 heterocycles. The van der Waals surface area contributed by atoms with Crippen LogP contribution in [0.15, 0.2) is 29.2 Å². The van der Waals surface area contributed by atoms with Gasteiger partial charge in [0.15, 0.2) is 9.84 Å². The molecule has 1 aliphatic carbocycles. The Balaban J connectivity index is 2.18. The Morgan fingerprint density at radius 1 is 1.38 bits per heavy atom. The van der Waals surface area contributed by atoms with Gasteiger partial charge in [-0.25, -0.2) is 8.42 Å². The third-order valence-electron chi connectivity index (χ3n) is 3.99. The molecule has 1 fully saturated rings. The molecule has 1 aromatic rings. The molecule has 0 amide bonds. The second-order valence-corrected chi connectivity index (χ2v) is 7.50. The summed E-state index contributed by atoms with van der Waals surface area (Å²) in [5.41, 5.74) is 1.22. The van der Waals surface area contributed by atoms with Crippen LogP contribution in [0.1, 0.15) is 18.4 Å². The molecule has 2 nitrogen and oxygen atoms in total. The fraction of sp³-hybridized carbons (Fsp3) is 0.500. The molecule has 1 spiro atoms. The van der Waals surface area contributed by atoms with Gasteiger partial charge in [-0.05, 0) is 30.4 Å². The van der Waals surface area contributed by atoms with E-state index in [0.29, 0.717) is 16.6 Å². The highest BCUT2D eigenvalue weighted by molar-refractivity contribution is 9.09. The van der Waals surface area contributed by atoms with Crippen molar-refractivity contribution in [1.82, 2.24) is 0 Å². The molecule has 4 heteroatoms. The van der Waals surface area contributed by atoms with Crippen LogP contribution in [-0.4, -0.2) is 19.5 Å². The SMILES string of the molecule is O=S1(=O)CCC2(CC2CBr)c2ccccc21. The van der Waals surface area contributed by atoms with Crippen molar-refractivity contribution >= 4 is 25.8 Å². The van der Waals surface area contributed by atoms with E-state index in [-0.39, 0.29) is 5.41 Å². The van der Waals surface area contributed by atoms with E-state index >= 15 is 0 Å². The normalized spacial score (nSPS) is 34.7. The molecule has 0 saturated heterocycles. The lowest BCUT2D eigenvalue weighted by atomic mass is 9.90. The second kappa shape index (κ2) is 3.33. The zero-order valence-corrected chi connectivity index (χ0v) is 11.2. The Hall–Kier alpha value is -0.350. The van der Waals surface area contributed by atoms with E-state index < -0.39 is 9.84 Å². The lowest BCUT2D eigenvalue weighted by Gasteiger charge is -2.26. The van der Waals surface area contributed by atoms with Crippen molar-refractivity contribution in [3.8, 4) is 0 Å². The number of benzene rings is 1. The Labute approximate surface area is 104 Å². The summed E-state index contributed by atoms with van der Waals surface area (Å²) in [7, 11) is -3.02. The van der Waals surface area contributed by atoms with E-state index in [2.05, 4.69) is 15.9 Å². The van der Waals surface area contributed by atoms with Crippen molar-refractivity contribution in [2.75, 3.05) is 11.1 Å². The highest BCUT2D eigenvalue weighted by atomic mass is 79.9. The summed E-state index contributed by atoms with van der Waals surface area (Å²) in [6.07, 6.45) is 1.92. The van der Waals surface area contributed by atoms with Crippen molar-refractivity contribution in [3.05, 3.63) is 29.8 Å². The molecule has 0 N–H and O–H groups in total. The van der Waals surface area contributed by atoms with Gasteiger partial charge in [0.1, 0.15) is 0 Å². The van der Waals surface area contributed by atoms with Gasteiger partial charge in [-0.1, -0.05) is 34.1 Å². The Bertz CT molecular complexity index is 538. The number of fused-ring (bicyclic) bond motifs is 2. The molecule has 2 aliphatic rings. The lowest BCUT2D eigenvalue weighted by molar-refractivity contribution is 0.542. The summed E-state index contributed by atoms with van der Waals surface area (Å²) in [5.74, 6) is 0.928. The average molecular weight is 301 g/mol. The standard InChI is InChI=1S/C12H13BrO2S/c13-8-9-7-12(9)5-6-16(14,15)11-4-2-1-3-10(11)12/h1-4,9H,5-8H2. The van der Waals surface area contributed by atoms with E-state index in [0.717, 1.165) is 23.7 Å². The summed E-state index contributed by atoms with van der Waals surface area (Å²) >= 11 is 3.52. The number of hydrogen-bond donors (Lipinski definition) is 0. The van der Waals surface area contributed by atoms with Gasteiger partial charge in [0, 0.05) is 10.7 Å². The van der Waals surface area contributed by atoms with Crippen LogP contribution >= 0.6 is 15.9 Å². The van der Waals surface area contributed by atoms with Crippen LogP contribution in [0.2, 0.25) is 0 Å². The molecule has 0 bridgehead atoms. The van der Waals surface area contributed by atoms with Crippen LogP contribution in [0, 0.1) is 5.92 Å². The minimum atomic E-state index is -3.02. The number of rotatable bonds is 1. The van der Waals surface area contributed by atoms with E-state index in [1.54, 1.807) is 6.07 Å². The minimum absolute atomic E-state index is 0.158. The van der Waals surface area contributed by atoms with Crippen LogP contribution in [0.25, 0.3) is 0 Å². The summed E-state index contributed by atoms with van der Waals surface area (Å²) in [5, 5.41) is 0.974. The van der Waals surface area contributed by atoms with Crippen LogP contribution in [-0.2, 0) is 15.3 Å². The number of sulfone groups is 1. The Morgan fingerprint density at radius 3 is 2.81 bits per heavy atom. The Morgan fingerprint density at radius 2 is 2.12 bits per heavy atom. The third kappa shape index (κ3) is 1.32. The van der Waals surface area contributed by atoms with Crippen molar-refractivity contribution in [2.24, 2.45) is 5.92 Å². The molecule has 86 valence electrons. The predicted octanol–water partition coefficient (Wildman–Crippen LogP) is 2.52. The summed E-state index contributed by atoms with van der Waals surface area (Å²) in [6.45, 7) is 0. The maximum Gasteiger partial charge on any atom is 0.178 e. The summed E-state index contributed by atoms with van der Waals surface area (Å²) < 4.78 is 23.9. The van der Waals surface area contributed by atoms with Gasteiger partial charge in [0.05, 0.1) is 10.6 Å². The average Bonchev–Trinajstić information content (AvgIpc) is 3.00. The molecule has 1 saturated carbocycles. The summed E-state index contributed by atoms with van der Waals surface area (Å²) in [4.78, 5) is 0.574. The van der Waals surface area contributed by atoms with Gasteiger partial charge >= 0.3 is 0 Å². The molecular formula is C12H13BrO2S. The molecular weight excluding hydrogens is 288 g/mol. The van der Waals surface area contributed by atoms with Gasteiger partial charge in [-0.3, -0.25) is 0 Å². The molecule has 1 aliphatic heterocycles. The van der Waals surface area contributed by atoms with E-state index in [1.807, 2.05) is 18.2 Å². The zero-order chi connectivity index (χ0) is 11.4. The van der Waals surface area contributed by atoms with Crippen LogP contribution in [0.5, 0.6) is 0 Å². The zero-order valence-electron chi connectivity index (χ0n) is 8.82. The first kappa shape index (κ1) is 10.8. The smallest absolute Gasteiger partial charge is 0.178 e. The van der Waals surface area contributed by atoms with Gasteiger partial charge < -0.3 is 0 Å². The first-order valence-corrected chi connectivity index (χ1v) is 8.26. The topological polar surface area (TPSA) is 34.1 Å². The largest absolute Gasteiger partial charge is 0.224 e. The van der Waals surface area contributed by atoms with Crippen LogP contribution in [0.4, 0.5) is 0 Å². The quantitative estimate of drug-likeness (QED) is 0.747. The van der Waals surface area contributed by atoms with E-state index in [1.165, 1.54) is 0 Å². The first-order chi connectivity index (χ1) is 7.60. The van der Waals surface area contributed by atoms with E-state index in [4.69, 9.17) is 0 Å². The van der Waals surface area contributed by atoms with Gasteiger partial charge in [-0.2, -0.15) is 0 Å². The van der Waals surface area contributed by atoms with Crippen molar-refractivity contribution in [2.45, 2.75) is 23.2 Å². The van der Waals surface area contributed by atoms with Crippen molar-refractivity contribution in [1.29, 1.82) is 0 Å². The molecule has 1 aromatic carbocycles. The van der Waals surface area contributed by atoms with Gasteiger partial charge in [-0.15, -0.1) is 0 Å². The maximum absolute atomic E-state index is 12.0.